The molecule has 6 N–H and O–H groups in total. The lowest BCUT2D eigenvalue weighted by molar-refractivity contribution is -0.169. The van der Waals surface area contributed by atoms with Crippen molar-refractivity contribution in [1.82, 2.24) is 10.2 Å². The fourth-order valence-electron chi connectivity index (χ4n) is 7.63. The Balaban J connectivity index is 1.77. The summed E-state index contributed by atoms with van der Waals surface area (Å²) in [5.74, 6) is -8.03. The highest BCUT2D eigenvalue weighted by atomic mass is 16.4. The fraction of sp³-hybridized carbons (Fsp3) is 0.552. The summed E-state index contributed by atoms with van der Waals surface area (Å²) in [5, 5.41) is 60.0. The second-order valence-corrected chi connectivity index (χ2v) is 12.0. The number of nitrogens with zero attached hydrogens (tertiary/aromatic N) is 1. The Morgan fingerprint density at radius 2 is 1.72 bits per heavy atom. The van der Waals surface area contributed by atoms with E-state index >= 15 is 0 Å². The summed E-state index contributed by atoms with van der Waals surface area (Å²) in [7, 11) is 4.26. The van der Waals surface area contributed by atoms with Gasteiger partial charge < -0.3 is 30.8 Å². The van der Waals surface area contributed by atoms with Gasteiger partial charge in [-0.15, -0.1) is 0 Å². The van der Waals surface area contributed by atoms with E-state index in [1.165, 1.54) is 26.0 Å². The van der Waals surface area contributed by atoms with Crippen LogP contribution in [-0.4, -0.2) is 86.8 Å². The highest BCUT2D eigenvalue weighted by Gasteiger charge is 2.68. The summed E-state index contributed by atoms with van der Waals surface area (Å²) < 4.78 is 0. The van der Waals surface area contributed by atoms with Gasteiger partial charge in [0.25, 0.3) is 5.91 Å². The van der Waals surface area contributed by atoms with Crippen LogP contribution < -0.4 is 5.32 Å². The molecule has 6 atom stereocenters. The van der Waals surface area contributed by atoms with Gasteiger partial charge in [-0.1, -0.05) is 38.8 Å². The maximum Gasteiger partial charge on any atom is 0.258 e. The number of fused-ring (bicyclic) bond motifs is 3. The van der Waals surface area contributed by atoms with E-state index in [1.54, 1.807) is 13.0 Å². The molecule has 0 unspecified atom stereocenters. The lowest BCUT2D eigenvalue weighted by Crippen LogP contribution is -2.70. The first-order valence-electron chi connectivity index (χ1n) is 13.4. The van der Waals surface area contributed by atoms with Crippen molar-refractivity contribution in [3.05, 3.63) is 45.7 Å². The Labute approximate surface area is 226 Å². The standard InChI is InChI=1S/C29H36N2O8/c1-12-13-8-9-14(28(2)10-6-7-11-28)21(32)16(13)22(33)17-15(12)23(34)19-20(31(4)5)24(35)18(27(38)30-3)26(37)29(19,39)25(17)36/h8-9,12,15,19-20,23,32-34,37,39H,6-7,10-11H2,1-5H3,(H,30,38)/t12-,15+,19+,20-,23-,29-/m0/s1. The molecule has 2 fully saturated rings. The number of aromatic hydroxyl groups is 1. The minimum absolute atomic E-state index is 0.0630. The quantitative estimate of drug-likeness (QED) is 0.312. The van der Waals surface area contributed by atoms with Gasteiger partial charge in [0.05, 0.1) is 23.6 Å². The van der Waals surface area contributed by atoms with Gasteiger partial charge in [0.1, 0.15) is 22.8 Å². The third-order valence-corrected chi connectivity index (χ3v) is 9.69. The predicted molar refractivity (Wildman–Crippen MR) is 141 cm³/mol. The van der Waals surface area contributed by atoms with Crippen LogP contribution >= 0.6 is 0 Å². The highest BCUT2D eigenvalue weighted by molar-refractivity contribution is 6.25. The highest BCUT2D eigenvalue weighted by Crippen LogP contribution is 2.57. The molecule has 0 aromatic heterocycles. The molecule has 1 amide bonds. The van der Waals surface area contributed by atoms with Crippen LogP contribution in [0.5, 0.6) is 5.75 Å². The van der Waals surface area contributed by atoms with Gasteiger partial charge in [-0.2, -0.15) is 0 Å². The number of likely N-dealkylation sites (N-methyl/N-ethyl adjacent to an activating group) is 2. The van der Waals surface area contributed by atoms with Crippen LogP contribution in [0.25, 0.3) is 5.76 Å². The molecule has 0 spiro atoms. The van der Waals surface area contributed by atoms with Crippen LogP contribution in [0, 0.1) is 11.8 Å². The number of phenolic OH excluding ortho intramolecular Hbond substituents is 1. The molecule has 2 saturated carbocycles. The average Bonchev–Trinajstić information content (AvgIpc) is 3.33. The summed E-state index contributed by atoms with van der Waals surface area (Å²) in [6, 6.07) is 2.30. The fourth-order valence-corrected chi connectivity index (χ4v) is 7.63. The number of aliphatic hydroxyl groups is 4. The molecule has 0 bridgehead atoms. The minimum atomic E-state index is -2.87. The molecule has 210 valence electrons. The average molecular weight is 541 g/mol. The molecule has 0 radical (unpaired) electrons. The first-order chi connectivity index (χ1) is 18.2. The number of rotatable bonds is 3. The number of phenols is 1. The topological polar surface area (TPSA) is 168 Å². The van der Waals surface area contributed by atoms with E-state index in [1.807, 2.05) is 13.0 Å². The smallest absolute Gasteiger partial charge is 0.258 e. The SMILES string of the molecule is CNC(=O)C1=C(O)[C@@]2(O)C(=O)C3=C(O)c4c(ccc(C5(C)CCCC5)c4O)[C@H](C)[C@H]3[C@H](O)[C@H]2[C@H](N(C)C)C1=O. The molecule has 0 saturated heterocycles. The van der Waals surface area contributed by atoms with Gasteiger partial charge in [0.2, 0.25) is 5.78 Å². The summed E-state index contributed by atoms with van der Waals surface area (Å²) >= 11 is 0. The molecule has 1 aromatic rings. The molecule has 1 aromatic carbocycles. The van der Waals surface area contributed by atoms with Gasteiger partial charge >= 0.3 is 0 Å². The lowest BCUT2D eigenvalue weighted by Gasteiger charge is -2.53. The minimum Gasteiger partial charge on any atom is -0.508 e. The number of Topliss-reactive ketones (excluding diaryl/α,β-unsaturated/α-hetero) is 2. The van der Waals surface area contributed by atoms with Crippen LogP contribution in [0.4, 0.5) is 0 Å². The van der Waals surface area contributed by atoms with Gasteiger partial charge in [-0.05, 0) is 43.8 Å². The molecule has 39 heavy (non-hydrogen) atoms. The monoisotopic (exact) mass is 540 g/mol. The zero-order valence-corrected chi connectivity index (χ0v) is 22.8. The number of amides is 1. The third kappa shape index (κ3) is 3.41. The first kappa shape index (κ1) is 27.4. The van der Waals surface area contributed by atoms with Gasteiger partial charge in [0, 0.05) is 24.1 Å². The van der Waals surface area contributed by atoms with Gasteiger partial charge in [-0.3, -0.25) is 19.3 Å². The van der Waals surface area contributed by atoms with E-state index in [-0.39, 0.29) is 22.3 Å². The molecule has 5 rings (SSSR count). The second kappa shape index (κ2) is 8.90. The van der Waals surface area contributed by atoms with Gasteiger partial charge in [-0.25, -0.2) is 0 Å². The maximum atomic E-state index is 14.2. The van der Waals surface area contributed by atoms with Gasteiger partial charge in [0.15, 0.2) is 11.4 Å². The van der Waals surface area contributed by atoms with Crippen molar-refractivity contribution in [3.63, 3.8) is 0 Å². The van der Waals surface area contributed by atoms with Crippen LogP contribution in [0.3, 0.4) is 0 Å². The number of benzene rings is 1. The zero-order valence-electron chi connectivity index (χ0n) is 22.8. The number of ketones is 2. The molecule has 0 aliphatic heterocycles. The summed E-state index contributed by atoms with van der Waals surface area (Å²) in [5.41, 5.74) is -3.07. The van der Waals surface area contributed by atoms with Crippen molar-refractivity contribution >= 4 is 23.2 Å². The molecular formula is C29H36N2O8. The second-order valence-electron chi connectivity index (χ2n) is 12.0. The van der Waals surface area contributed by atoms with E-state index < -0.39 is 70.1 Å². The van der Waals surface area contributed by atoms with Crippen LogP contribution in [0.2, 0.25) is 0 Å². The van der Waals surface area contributed by atoms with Crippen molar-refractivity contribution in [2.45, 2.75) is 68.6 Å². The molecule has 0 heterocycles. The number of carbonyl (C=O) groups is 3. The van der Waals surface area contributed by atoms with E-state index in [4.69, 9.17) is 0 Å². The summed E-state index contributed by atoms with van der Waals surface area (Å²) in [6.07, 6.45) is 2.14. The van der Waals surface area contributed by atoms with Crippen LogP contribution in [0.1, 0.15) is 62.1 Å². The summed E-state index contributed by atoms with van der Waals surface area (Å²) in [6.45, 7) is 3.79. The zero-order chi connectivity index (χ0) is 28.8. The maximum absolute atomic E-state index is 14.2. The van der Waals surface area contributed by atoms with Crippen molar-refractivity contribution in [1.29, 1.82) is 0 Å². The first-order valence-corrected chi connectivity index (χ1v) is 13.4. The van der Waals surface area contributed by atoms with Crippen molar-refractivity contribution in [2.24, 2.45) is 11.8 Å². The van der Waals surface area contributed by atoms with E-state index in [2.05, 4.69) is 5.32 Å². The normalized spacial score (nSPS) is 33.7. The molecule has 4 aliphatic rings. The molecule has 10 nitrogen and oxygen atoms in total. The van der Waals surface area contributed by atoms with E-state index in [0.717, 1.165) is 25.7 Å². The van der Waals surface area contributed by atoms with Crippen molar-refractivity contribution < 1.29 is 39.9 Å². The van der Waals surface area contributed by atoms with Crippen LogP contribution in [0.15, 0.2) is 29.0 Å². The Morgan fingerprint density at radius 3 is 2.28 bits per heavy atom. The third-order valence-electron chi connectivity index (χ3n) is 9.69. The number of nitrogens with one attached hydrogen (secondary N) is 1. The number of carbonyl (C=O) groups excluding carboxylic acids is 3. The van der Waals surface area contributed by atoms with Crippen molar-refractivity contribution in [2.75, 3.05) is 21.1 Å². The Morgan fingerprint density at radius 1 is 1.10 bits per heavy atom. The summed E-state index contributed by atoms with van der Waals surface area (Å²) in [4.78, 5) is 41.6. The molecule has 4 aliphatic carbocycles. The van der Waals surface area contributed by atoms with E-state index in [0.29, 0.717) is 11.1 Å². The number of hydrogen-bond acceptors (Lipinski definition) is 9. The predicted octanol–water partition coefficient (Wildman–Crippen LogP) is 1.59. The number of aliphatic hydroxyl groups excluding tert-OH is 3. The van der Waals surface area contributed by atoms with Crippen molar-refractivity contribution in [3.8, 4) is 5.75 Å². The Bertz CT molecular complexity index is 1350. The lowest BCUT2D eigenvalue weighted by atomic mass is 9.54. The number of hydrogen-bond donors (Lipinski definition) is 6. The molecular weight excluding hydrogens is 504 g/mol. The Kier molecular flexibility index (Phi) is 6.25. The van der Waals surface area contributed by atoms with Crippen LogP contribution in [-0.2, 0) is 19.8 Å². The van der Waals surface area contributed by atoms with E-state index in [9.17, 15) is 39.9 Å². The molecule has 10 heteroatoms. The largest absolute Gasteiger partial charge is 0.508 e. The Hall–Kier alpha value is -3.21.